The van der Waals surface area contributed by atoms with Crippen molar-refractivity contribution in [3.63, 3.8) is 0 Å². The van der Waals surface area contributed by atoms with E-state index in [1.807, 2.05) is 40.8 Å². The second-order valence-electron chi connectivity index (χ2n) is 9.93. The van der Waals surface area contributed by atoms with E-state index in [4.69, 9.17) is 0 Å². The third-order valence-electron chi connectivity index (χ3n) is 7.86. The molecule has 2 aliphatic carbocycles. The quantitative estimate of drug-likeness (QED) is 0.529. The lowest BCUT2D eigenvalue weighted by Crippen LogP contribution is -2.26. The van der Waals surface area contributed by atoms with Crippen LogP contribution in [0.3, 0.4) is 0 Å². The summed E-state index contributed by atoms with van der Waals surface area (Å²) < 4.78 is 30.4. The number of rotatable bonds is 5. The van der Waals surface area contributed by atoms with Gasteiger partial charge in [-0.3, -0.25) is 14.6 Å². The number of aromatic nitrogens is 4. The van der Waals surface area contributed by atoms with Gasteiger partial charge in [0.05, 0.1) is 17.9 Å². The first-order valence-electron chi connectivity index (χ1n) is 11.8. The lowest BCUT2D eigenvalue weighted by molar-refractivity contribution is 0.0631. The van der Waals surface area contributed by atoms with E-state index in [1.165, 1.54) is 18.4 Å². The number of H-pyrrole nitrogens is 1. The molecule has 2 fully saturated rings. The fourth-order valence-electron chi connectivity index (χ4n) is 5.74. The van der Waals surface area contributed by atoms with E-state index < -0.39 is 23.2 Å². The monoisotopic (exact) mass is 483 g/mol. The number of hydrogen-bond acceptors (Lipinski definition) is 4. The Morgan fingerprint density at radius 2 is 2.12 bits per heavy atom. The van der Waals surface area contributed by atoms with E-state index in [1.54, 1.807) is 13.1 Å². The molecule has 3 aliphatic rings. The molecule has 0 radical (unpaired) electrons. The van der Waals surface area contributed by atoms with Crippen molar-refractivity contribution >= 4 is 23.4 Å². The number of halogens is 2. The second-order valence-corrected chi connectivity index (χ2v) is 11.3. The molecule has 4 atom stereocenters. The maximum atomic E-state index is 14.2. The Balaban J connectivity index is 1.22. The fraction of sp³-hybridized carbons (Fsp3) is 0.480. The van der Waals surface area contributed by atoms with Crippen molar-refractivity contribution in [3.8, 4) is 0 Å². The number of aromatic amines is 1. The Labute approximate surface area is 200 Å². The summed E-state index contributed by atoms with van der Waals surface area (Å²) in [7, 11) is 0. The number of alkyl halides is 2. The zero-order chi connectivity index (χ0) is 23.5. The minimum atomic E-state index is -2.69. The highest BCUT2D eigenvalue weighted by Crippen LogP contribution is 2.70. The van der Waals surface area contributed by atoms with Gasteiger partial charge in [-0.05, 0) is 30.6 Å². The van der Waals surface area contributed by atoms with Gasteiger partial charge in [-0.25, -0.2) is 8.78 Å². The Bertz CT molecular complexity index is 1220. The molecule has 1 saturated heterocycles. The summed E-state index contributed by atoms with van der Waals surface area (Å²) in [5, 5.41) is 14.9. The van der Waals surface area contributed by atoms with Crippen LogP contribution >= 0.6 is 11.8 Å². The molecule has 3 heterocycles. The van der Waals surface area contributed by atoms with Crippen LogP contribution in [0, 0.1) is 11.3 Å². The van der Waals surface area contributed by atoms with Crippen molar-refractivity contribution in [2.45, 2.75) is 56.2 Å². The van der Waals surface area contributed by atoms with E-state index >= 15 is 0 Å². The van der Waals surface area contributed by atoms with Crippen molar-refractivity contribution in [1.82, 2.24) is 20.0 Å². The number of nitrogens with zero attached hydrogens (tertiary/aromatic N) is 3. The predicted octanol–water partition coefficient (Wildman–Crippen LogP) is 5.10. The smallest absolute Gasteiger partial charge is 0.276 e. The molecule has 1 aromatic carbocycles. The van der Waals surface area contributed by atoms with Crippen molar-refractivity contribution in [2.24, 2.45) is 11.3 Å². The Morgan fingerprint density at radius 3 is 2.88 bits per heavy atom. The topological polar surface area (TPSA) is 75.6 Å². The van der Waals surface area contributed by atoms with Gasteiger partial charge in [-0.2, -0.15) is 22.0 Å². The molecule has 2 aromatic heterocycles. The summed E-state index contributed by atoms with van der Waals surface area (Å²) in [6, 6.07) is 10.4. The number of fused-ring (bicyclic) bond motifs is 2. The molecule has 3 aromatic rings. The maximum absolute atomic E-state index is 14.2. The van der Waals surface area contributed by atoms with Crippen LogP contribution < -0.4 is 5.32 Å². The number of nitrogens with one attached hydrogen (secondary N) is 2. The van der Waals surface area contributed by atoms with Gasteiger partial charge in [0.15, 0.2) is 5.69 Å². The normalized spacial score (nSPS) is 28.0. The van der Waals surface area contributed by atoms with Crippen LogP contribution in [0.1, 0.15) is 59.5 Å². The summed E-state index contributed by atoms with van der Waals surface area (Å²) in [6.45, 7) is 1.61. The number of amides is 1. The number of hydrogen-bond donors (Lipinski definition) is 2. The summed E-state index contributed by atoms with van der Waals surface area (Å²) >= 11 is 1.98. The molecule has 0 spiro atoms. The van der Waals surface area contributed by atoms with Crippen molar-refractivity contribution < 1.29 is 13.6 Å². The number of carbonyl (C=O) groups excluding carboxylic acids is 1. The first-order chi connectivity index (χ1) is 16.4. The molecule has 0 bridgehead atoms. The zero-order valence-electron chi connectivity index (χ0n) is 18.9. The van der Waals surface area contributed by atoms with Crippen molar-refractivity contribution in [1.29, 1.82) is 0 Å². The minimum absolute atomic E-state index is 0.0741. The average Bonchev–Trinajstić information content (AvgIpc) is 3.26. The van der Waals surface area contributed by atoms with Gasteiger partial charge in [0, 0.05) is 40.5 Å². The molecule has 34 heavy (non-hydrogen) atoms. The van der Waals surface area contributed by atoms with Crippen molar-refractivity contribution in [3.05, 3.63) is 65.2 Å². The highest BCUT2D eigenvalue weighted by Gasteiger charge is 2.78. The molecule has 2 N–H and O–H groups in total. The van der Waals surface area contributed by atoms with Gasteiger partial charge >= 0.3 is 0 Å². The van der Waals surface area contributed by atoms with Crippen LogP contribution in [-0.2, 0) is 12.8 Å². The first kappa shape index (κ1) is 21.8. The van der Waals surface area contributed by atoms with Gasteiger partial charge < -0.3 is 5.32 Å². The zero-order valence-corrected chi connectivity index (χ0v) is 19.7. The van der Waals surface area contributed by atoms with Gasteiger partial charge in [-0.15, -0.1) is 0 Å². The predicted molar refractivity (Wildman–Crippen MR) is 127 cm³/mol. The van der Waals surface area contributed by atoms with Crippen LogP contribution in [0.25, 0.3) is 0 Å². The van der Waals surface area contributed by atoms with Crippen LogP contribution in [0.5, 0.6) is 0 Å². The molecule has 9 heteroatoms. The average molecular weight is 484 g/mol. The highest BCUT2D eigenvalue weighted by molar-refractivity contribution is 8.00. The number of carbonyl (C=O) groups is 1. The summed E-state index contributed by atoms with van der Waals surface area (Å²) in [4.78, 5) is 13.0. The Kier molecular flexibility index (Phi) is 5.09. The molecular weight excluding hydrogens is 456 g/mol. The van der Waals surface area contributed by atoms with Crippen LogP contribution in [0.2, 0.25) is 0 Å². The Hall–Kier alpha value is -2.68. The van der Waals surface area contributed by atoms with E-state index in [0.717, 1.165) is 12.2 Å². The van der Waals surface area contributed by atoms with Gasteiger partial charge in [0.1, 0.15) is 0 Å². The first-order valence-corrected chi connectivity index (χ1v) is 12.9. The van der Waals surface area contributed by atoms with E-state index in [2.05, 4.69) is 32.7 Å². The highest BCUT2D eigenvalue weighted by atomic mass is 32.2. The van der Waals surface area contributed by atoms with Crippen LogP contribution in [0.4, 0.5) is 14.5 Å². The van der Waals surface area contributed by atoms with Crippen molar-refractivity contribution in [2.75, 3.05) is 11.1 Å². The second kappa shape index (κ2) is 7.93. The molecule has 1 aliphatic heterocycles. The van der Waals surface area contributed by atoms with Crippen LogP contribution in [-0.4, -0.2) is 42.8 Å². The lowest BCUT2D eigenvalue weighted by Gasteiger charge is -2.30. The summed E-state index contributed by atoms with van der Waals surface area (Å²) in [5.41, 5.74) is 2.21. The maximum Gasteiger partial charge on any atom is 0.276 e. The van der Waals surface area contributed by atoms with E-state index in [9.17, 15) is 13.6 Å². The number of benzene rings is 1. The van der Waals surface area contributed by atoms with Crippen LogP contribution in [0.15, 0.2) is 42.7 Å². The molecule has 6 rings (SSSR count). The molecular formula is C25H27F2N5OS. The third-order valence-corrected chi connectivity index (χ3v) is 9.30. The minimum Gasteiger partial charge on any atom is -0.318 e. The molecule has 1 amide bonds. The summed E-state index contributed by atoms with van der Waals surface area (Å²) in [6.07, 6.45) is 7.46. The molecule has 1 saturated carbocycles. The van der Waals surface area contributed by atoms with E-state index in [0.29, 0.717) is 22.2 Å². The standard InChI is InChI=1S/C25H27F2N5OS/c1-24-12-18-17(11-20(24)25(24,26)27)21(31-30-18)23(33)29-16-13-28-32(14-16)22(15-7-3-2-4-8-15)19-9-5-6-10-34-19/h2-4,7-8,13-14,19-20,22H,5-6,9-12H2,1H3,(H,29,33)(H,30,31). The Morgan fingerprint density at radius 1 is 1.29 bits per heavy atom. The molecule has 4 unspecified atom stereocenters. The third kappa shape index (κ3) is 3.39. The van der Waals surface area contributed by atoms with Gasteiger partial charge in [0.2, 0.25) is 0 Å². The number of thioether (sulfide) groups is 1. The SMILES string of the molecule is CC12Cc3[nH]nc(C(=O)Nc4cnn(C(c5ccccc5)C5CCCCS5)c4)c3CC1C2(F)F. The summed E-state index contributed by atoms with van der Waals surface area (Å²) in [5.74, 6) is -2.67. The van der Waals surface area contributed by atoms with E-state index in [-0.39, 0.29) is 24.6 Å². The largest absolute Gasteiger partial charge is 0.318 e. The van der Waals surface area contributed by atoms with Gasteiger partial charge in [-0.1, -0.05) is 43.7 Å². The lowest BCUT2D eigenvalue weighted by atomic mass is 9.87. The molecule has 6 nitrogen and oxygen atoms in total. The fourth-order valence-corrected chi connectivity index (χ4v) is 7.21. The van der Waals surface area contributed by atoms with Gasteiger partial charge in [0.25, 0.3) is 11.8 Å². The number of anilines is 1. The molecule has 178 valence electrons.